The fraction of sp³-hybridized carbons (Fsp3) is 0.625. The van der Waals surface area contributed by atoms with Gasteiger partial charge < -0.3 is 5.73 Å². The predicted molar refractivity (Wildman–Crippen MR) is 81.8 cm³/mol. The highest BCUT2D eigenvalue weighted by Crippen LogP contribution is 2.39. The van der Waals surface area contributed by atoms with Gasteiger partial charge in [0.15, 0.2) is 0 Å². The lowest BCUT2D eigenvalue weighted by molar-refractivity contribution is 0.461. The molecule has 0 spiro atoms. The summed E-state index contributed by atoms with van der Waals surface area (Å²) < 4.78 is 1.24. The van der Waals surface area contributed by atoms with Crippen molar-refractivity contribution in [3.8, 4) is 0 Å². The van der Waals surface area contributed by atoms with Gasteiger partial charge in [0.25, 0.3) is 0 Å². The second-order valence-corrected chi connectivity index (χ2v) is 6.47. The Labute approximate surface area is 119 Å². The van der Waals surface area contributed by atoms with E-state index in [2.05, 4.69) is 48.0 Å². The van der Waals surface area contributed by atoms with Crippen LogP contribution in [-0.4, -0.2) is 0 Å². The highest BCUT2D eigenvalue weighted by molar-refractivity contribution is 9.10. The number of hydrogen-bond acceptors (Lipinski definition) is 1. The molecule has 0 unspecified atom stereocenters. The van der Waals surface area contributed by atoms with Crippen molar-refractivity contribution in [2.45, 2.75) is 63.8 Å². The first kappa shape index (κ1) is 14.1. The van der Waals surface area contributed by atoms with E-state index in [4.69, 9.17) is 5.73 Å². The average molecular weight is 310 g/mol. The van der Waals surface area contributed by atoms with Gasteiger partial charge >= 0.3 is 0 Å². The van der Waals surface area contributed by atoms with Crippen LogP contribution in [0.1, 0.15) is 69.4 Å². The van der Waals surface area contributed by atoms with E-state index >= 15 is 0 Å². The van der Waals surface area contributed by atoms with Gasteiger partial charge in [0.05, 0.1) is 0 Å². The molecule has 1 aliphatic rings. The van der Waals surface area contributed by atoms with Gasteiger partial charge in [-0.25, -0.2) is 0 Å². The van der Waals surface area contributed by atoms with Crippen LogP contribution in [0.25, 0.3) is 0 Å². The molecule has 0 heterocycles. The maximum absolute atomic E-state index is 6.52. The van der Waals surface area contributed by atoms with Crippen LogP contribution in [-0.2, 0) is 5.54 Å². The smallest absolute Gasteiger partial charge is 0.0410 e. The first-order chi connectivity index (χ1) is 8.60. The summed E-state index contributed by atoms with van der Waals surface area (Å²) in [6, 6.07) is 6.80. The normalized spacial score (nSPS) is 18.5. The Morgan fingerprint density at radius 2 is 1.83 bits per heavy atom. The van der Waals surface area contributed by atoms with E-state index in [1.165, 1.54) is 41.3 Å². The second-order valence-electron chi connectivity index (χ2n) is 5.61. The molecule has 0 atom stereocenters. The van der Waals surface area contributed by atoms with E-state index in [9.17, 15) is 0 Å². The van der Waals surface area contributed by atoms with E-state index in [-0.39, 0.29) is 5.54 Å². The quantitative estimate of drug-likeness (QED) is 0.824. The van der Waals surface area contributed by atoms with Crippen molar-refractivity contribution in [2.24, 2.45) is 5.73 Å². The van der Waals surface area contributed by atoms with Gasteiger partial charge in [0, 0.05) is 10.0 Å². The molecule has 2 heteroatoms. The SMILES string of the molecule is CCC(CC)c1ccc(C2(N)CCCC2)cc1Br. The van der Waals surface area contributed by atoms with Crippen LogP contribution in [0.5, 0.6) is 0 Å². The molecule has 1 aromatic rings. The number of benzene rings is 1. The summed E-state index contributed by atoms with van der Waals surface area (Å²) >= 11 is 3.75. The van der Waals surface area contributed by atoms with Crippen molar-refractivity contribution in [1.82, 2.24) is 0 Å². The highest BCUT2D eigenvalue weighted by atomic mass is 79.9. The van der Waals surface area contributed by atoms with E-state index in [1.54, 1.807) is 0 Å². The number of halogens is 1. The van der Waals surface area contributed by atoms with Crippen LogP contribution in [0.2, 0.25) is 0 Å². The molecule has 0 bridgehead atoms. The third-order valence-electron chi connectivity index (χ3n) is 4.50. The molecule has 1 saturated carbocycles. The minimum atomic E-state index is -0.0744. The zero-order chi connectivity index (χ0) is 13.2. The maximum Gasteiger partial charge on any atom is 0.0410 e. The molecule has 1 aliphatic carbocycles. The van der Waals surface area contributed by atoms with Crippen molar-refractivity contribution in [1.29, 1.82) is 0 Å². The zero-order valence-electron chi connectivity index (χ0n) is 11.5. The minimum Gasteiger partial charge on any atom is -0.321 e. The molecule has 0 saturated heterocycles. The Morgan fingerprint density at radius 3 is 2.33 bits per heavy atom. The van der Waals surface area contributed by atoms with Gasteiger partial charge in [0.2, 0.25) is 0 Å². The van der Waals surface area contributed by atoms with Crippen LogP contribution in [0.15, 0.2) is 22.7 Å². The largest absolute Gasteiger partial charge is 0.321 e. The molecule has 1 aromatic carbocycles. The number of rotatable bonds is 4. The van der Waals surface area contributed by atoms with Gasteiger partial charge in [0.1, 0.15) is 0 Å². The molecule has 0 aliphatic heterocycles. The molecule has 0 amide bonds. The molecule has 18 heavy (non-hydrogen) atoms. The van der Waals surface area contributed by atoms with Crippen molar-refractivity contribution in [2.75, 3.05) is 0 Å². The topological polar surface area (TPSA) is 26.0 Å². The Balaban J connectivity index is 2.29. The molecular weight excluding hydrogens is 286 g/mol. The van der Waals surface area contributed by atoms with E-state index in [1.807, 2.05) is 0 Å². The summed E-state index contributed by atoms with van der Waals surface area (Å²) in [5, 5.41) is 0. The number of hydrogen-bond donors (Lipinski definition) is 1. The molecule has 100 valence electrons. The lowest BCUT2D eigenvalue weighted by atomic mass is 9.86. The highest BCUT2D eigenvalue weighted by Gasteiger charge is 2.31. The Kier molecular flexibility index (Phi) is 4.50. The zero-order valence-corrected chi connectivity index (χ0v) is 13.1. The lowest BCUT2D eigenvalue weighted by Crippen LogP contribution is -2.33. The summed E-state index contributed by atoms with van der Waals surface area (Å²) in [6.07, 6.45) is 7.18. The molecule has 2 rings (SSSR count). The van der Waals surface area contributed by atoms with Gasteiger partial charge in [-0.3, -0.25) is 0 Å². The van der Waals surface area contributed by atoms with Crippen LogP contribution in [0, 0.1) is 0 Å². The van der Waals surface area contributed by atoms with Crippen molar-refractivity contribution in [3.05, 3.63) is 33.8 Å². The van der Waals surface area contributed by atoms with Gasteiger partial charge in [-0.15, -0.1) is 0 Å². The molecular formula is C16H24BrN. The Hall–Kier alpha value is -0.340. The Bertz CT molecular complexity index is 404. The predicted octanol–water partition coefficient (Wildman–Crippen LogP) is 5.08. The third kappa shape index (κ3) is 2.65. The second kappa shape index (κ2) is 5.75. The molecule has 0 radical (unpaired) electrons. The summed E-state index contributed by atoms with van der Waals surface area (Å²) in [6.45, 7) is 4.52. The van der Waals surface area contributed by atoms with Crippen molar-refractivity contribution < 1.29 is 0 Å². The van der Waals surface area contributed by atoms with Gasteiger partial charge in [-0.05, 0) is 48.8 Å². The van der Waals surface area contributed by atoms with E-state index in [0.717, 1.165) is 12.8 Å². The lowest BCUT2D eigenvalue weighted by Gasteiger charge is -2.26. The third-order valence-corrected chi connectivity index (χ3v) is 5.18. The van der Waals surface area contributed by atoms with Crippen LogP contribution in [0.4, 0.5) is 0 Å². The fourth-order valence-corrected chi connectivity index (χ4v) is 3.89. The first-order valence-electron chi connectivity index (χ1n) is 7.19. The molecule has 1 nitrogen and oxygen atoms in total. The summed E-state index contributed by atoms with van der Waals surface area (Å²) in [4.78, 5) is 0. The van der Waals surface area contributed by atoms with Crippen LogP contribution in [0.3, 0.4) is 0 Å². The average Bonchev–Trinajstić information content (AvgIpc) is 2.81. The van der Waals surface area contributed by atoms with Crippen molar-refractivity contribution in [3.63, 3.8) is 0 Å². The Morgan fingerprint density at radius 1 is 1.22 bits per heavy atom. The van der Waals surface area contributed by atoms with Gasteiger partial charge in [-0.2, -0.15) is 0 Å². The van der Waals surface area contributed by atoms with Crippen LogP contribution < -0.4 is 5.73 Å². The summed E-state index contributed by atoms with van der Waals surface area (Å²) in [5.74, 6) is 0.658. The van der Waals surface area contributed by atoms with E-state index in [0.29, 0.717) is 5.92 Å². The maximum atomic E-state index is 6.52. The fourth-order valence-electron chi connectivity index (χ4n) is 3.19. The molecule has 2 N–H and O–H groups in total. The summed E-state index contributed by atoms with van der Waals surface area (Å²) in [7, 11) is 0. The van der Waals surface area contributed by atoms with Crippen LogP contribution >= 0.6 is 15.9 Å². The van der Waals surface area contributed by atoms with Gasteiger partial charge in [-0.1, -0.05) is 54.8 Å². The standard InChI is InChI=1S/C16H24BrN/c1-3-12(4-2)14-8-7-13(11-15(14)17)16(18)9-5-6-10-16/h7-8,11-12H,3-6,9-10,18H2,1-2H3. The summed E-state index contributed by atoms with van der Waals surface area (Å²) in [5.41, 5.74) is 9.19. The van der Waals surface area contributed by atoms with E-state index < -0.39 is 0 Å². The molecule has 1 fully saturated rings. The number of nitrogens with two attached hydrogens (primary N) is 1. The van der Waals surface area contributed by atoms with Crippen molar-refractivity contribution >= 4 is 15.9 Å². The first-order valence-corrected chi connectivity index (χ1v) is 7.99. The molecule has 0 aromatic heterocycles. The minimum absolute atomic E-state index is 0.0744. The monoisotopic (exact) mass is 309 g/mol.